The maximum absolute atomic E-state index is 13.3. The van der Waals surface area contributed by atoms with Crippen molar-refractivity contribution in [3.8, 4) is 17.2 Å². The number of carbonyl (C=O) groups is 2. The summed E-state index contributed by atoms with van der Waals surface area (Å²) in [4.78, 5) is 28.9. The molecule has 1 saturated heterocycles. The van der Waals surface area contributed by atoms with E-state index in [0.717, 1.165) is 4.88 Å². The molecule has 1 N–H and O–H groups in total. The number of nitrogens with zero attached hydrogens (tertiary/aromatic N) is 1. The van der Waals surface area contributed by atoms with Gasteiger partial charge in [0.1, 0.15) is 11.5 Å². The number of Topliss-reactive ketones (excluding diaryl/α,β-unsaturated/α-hetero) is 1. The molecule has 0 spiro atoms. The highest BCUT2D eigenvalue weighted by Crippen LogP contribution is 2.46. The van der Waals surface area contributed by atoms with Gasteiger partial charge in [-0.2, -0.15) is 0 Å². The van der Waals surface area contributed by atoms with Crippen LogP contribution in [0.5, 0.6) is 17.2 Å². The number of para-hydroxylation sites is 1. The molecule has 1 aliphatic rings. The number of amides is 1. The molecule has 1 atom stereocenters. The third kappa shape index (κ3) is 4.24. The molecule has 2 aromatic carbocycles. The minimum absolute atomic E-state index is 0.0123. The zero-order chi connectivity index (χ0) is 24.2. The van der Waals surface area contributed by atoms with E-state index in [1.165, 1.54) is 30.5 Å². The highest BCUT2D eigenvalue weighted by molar-refractivity contribution is 7.09. The molecule has 1 amide bonds. The normalized spacial score (nSPS) is 17.1. The van der Waals surface area contributed by atoms with Gasteiger partial charge in [-0.15, -0.1) is 11.3 Å². The van der Waals surface area contributed by atoms with Crippen molar-refractivity contribution in [2.24, 2.45) is 0 Å². The van der Waals surface area contributed by atoms with E-state index in [1.54, 1.807) is 42.5 Å². The third-order valence-corrected chi connectivity index (χ3v) is 6.45. The standard InChI is InChI=1S/C26H25NO6S/c1-4-33-17-9-5-8-16(14-17)23(28)21-22(19-11-6-12-20(31-2)25(19)32-3)27(26(30)24(21)29)15-18-10-7-13-34-18/h5-14,22,28H,4,15H2,1-3H3/b23-21+. The van der Waals surface area contributed by atoms with Gasteiger partial charge in [0.15, 0.2) is 11.5 Å². The molecule has 2 heterocycles. The minimum atomic E-state index is -0.872. The summed E-state index contributed by atoms with van der Waals surface area (Å²) in [7, 11) is 3.02. The fraction of sp³-hybridized carbons (Fsp3) is 0.231. The Labute approximate surface area is 201 Å². The van der Waals surface area contributed by atoms with Gasteiger partial charge in [-0.3, -0.25) is 9.59 Å². The maximum Gasteiger partial charge on any atom is 0.295 e. The van der Waals surface area contributed by atoms with Crippen molar-refractivity contribution >= 4 is 28.8 Å². The quantitative estimate of drug-likeness (QED) is 0.284. The number of methoxy groups -OCH3 is 2. The first-order valence-electron chi connectivity index (χ1n) is 10.7. The first-order valence-corrected chi connectivity index (χ1v) is 11.6. The topological polar surface area (TPSA) is 85.3 Å². The maximum atomic E-state index is 13.3. The van der Waals surface area contributed by atoms with Gasteiger partial charge in [-0.1, -0.05) is 30.3 Å². The average Bonchev–Trinajstić information content (AvgIpc) is 3.45. The largest absolute Gasteiger partial charge is 0.507 e. The van der Waals surface area contributed by atoms with E-state index >= 15 is 0 Å². The van der Waals surface area contributed by atoms with Crippen LogP contribution in [-0.4, -0.2) is 42.5 Å². The van der Waals surface area contributed by atoms with Gasteiger partial charge < -0.3 is 24.2 Å². The summed E-state index contributed by atoms with van der Waals surface area (Å²) >= 11 is 1.49. The van der Waals surface area contributed by atoms with Crippen LogP contribution >= 0.6 is 11.3 Å². The molecule has 3 aromatic rings. The molecule has 4 rings (SSSR count). The number of aliphatic hydroxyl groups excluding tert-OH is 1. The van der Waals surface area contributed by atoms with Crippen LogP contribution in [0.1, 0.15) is 29.0 Å². The Bertz CT molecular complexity index is 1230. The van der Waals surface area contributed by atoms with Gasteiger partial charge >= 0.3 is 0 Å². The number of aliphatic hydroxyl groups is 1. The van der Waals surface area contributed by atoms with Crippen LogP contribution in [0, 0.1) is 0 Å². The predicted octanol–water partition coefficient (Wildman–Crippen LogP) is 4.79. The van der Waals surface area contributed by atoms with E-state index in [4.69, 9.17) is 14.2 Å². The Morgan fingerprint density at radius 3 is 2.53 bits per heavy atom. The Morgan fingerprint density at radius 1 is 1.06 bits per heavy atom. The number of likely N-dealkylation sites (tertiary alicyclic amines) is 1. The van der Waals surface area contributed by atoms with Crippen LogP contribution in [0.15, 0.2) is 65.6 Å². The minimum Gasteiger partial charge on any atom is -0.507 e. The van der Waals surface area contributed by atoms with Crippen LogP contribution in [0.25, 0.3) is 5.76 Å². The van der Waals surface area contributed by atoms with Crippen LogP contribution in [0.3, 0.4) is 0 Å². The lowest BCUT2D eigenvalue weighted by Gasteiger charge is -2.26. The van der Waals surface area contributed by atoms with Gasteiger partial charge in [0.25, 0.3) is 11.7 Å². The van der Waals surface area contributed by atoms with Crippen LogP contribution < -0.4 is 14.2 Å². The molecule has 1 aliphatic heterocycles. The number of thiophene rings is 1. The number of ether oxygens (including phenoxy) is 3. The third-order valence-electron chi connectivity index (χ3n) is 5.59. The summed E-state index contributed by atoms with van der Waals surface area (Å²) in [6, 6.07) is 15.0. The number of hydrogen-bond acceptors (Lipinski definition) is 7. The second-order valence-electron chi connectivity index (χ2n) is 7.55. The van der Waals surface area contributed by atoms with E-state index in [1.807, 2.05) is 24.4 Å². The van der Waals surface area contributed by atoms with Crippen LogP contribution in [-0.2, 0) is 16.1 Å². The lowest BCUT2D eigenvalue weighted by molar-refractivity contribution is -0.140. The second-order valence-corrected chi connectivity index (χ2v) is 8.58. The molecule has 1 fully saturated rings. The van der Waals surface area contributed by atoms with Crippen molar-refractivity contribution in [3.63, 3.8) is 0 Å². The fourth-order valence-corrected chi connectivity index (χ4v) is 4.82. The second kappa shape index (κ2) is 10.0. The Kier molecular flexibility index (Phi) is 6.88. The molecule has 8 heteroatoms. The van der Waals surface area contributed by atoms with E-state index in [0.29, 0.717) is 35.0 Å². The van der Waals surface area contributed by atoms with E-state index in [9.17, 15) is 14.7 Å². The smallest absolute Gasteiger partial charge is 0.295 e. The summed E-state index contributed by atoms with van der Waals surface area (Å²) < 4.78 is 16.6. The first-order chi connectivity index (χ1) is 16.5. The number of rotatable bonds is 8. The molecule has 0 aliphatic carbocycles. The van der Waals surface area contributed by atoms with E-state index < -0.39 is 17.7 Å². The lowest BCUT2D eigenvalue weighted by atomic mass is 9.94. The Morgan fingerprint density at radius 2 is 1.85 bits per heavy atom. The summed E-state index contributed by atoms with van der Waals surface area (Å²) in [5.74, 6) is -0.322. The predicted molar refractivity (Wildman–Crippen MR) is 129 cm³/mol. The van der Waals surface area contributed by atoms with Gasteiger partial charge in [0.2, 0.25) is 0 Å². The molecule has 0 bridgehead atoms. The monoisotopic (exact) mass is 479 g/mol. The Balaban J connectivity index is 1.92. The molecule has 34 heavy (non-hydrogen) atoms. The van der Waals surface area contributed by atoms with E-state index in [2.05, 4.69) is 0 Å². The molecular weight excluding hydrogens is 454 g/mol. The van der Waals surface area contributed by atoms with Crippen LogP contribution in [0.4, 0.5) is 0 Å². The highest BCUT2D eigenvalue weighted by Gasteiger charge is 2.47. The molecule has 0 saturated carbocycles. The summed E-state index contributed by atoms with van der Waals surface area (Å²) in [5, 5.41) is 13.2. The molecule has 0 radical (unpaired) electrons. The molecule has 7 nitrogen and oxygen atoms in total. The molecular formula is C26H25NO6S. The zero-order valence-electron chi connectivity index (χ0n) is 19.1. The van der Waals surface area contributed by atoms with Crippen molar-refractivity contribution in [3.05, 3.63) is 81.6 Å². The SMILES string of the molecule is CCOc1cccc(/C(O)=C2\C(=O)C(=O)N(Cc3cccs3)C2c2cccc(OC)c2OC)c1. The van der Waals surface area contributed by atoms with E-state index in [-0.39, 0.29) is 17.9 Å². The van der Waals surface area contributed by atoms with Crippen LogP contribution in [0.2, 0.25) is 0 Å². The Hall–Kier alpha value is -3.78. The number of benzene rings is 2. The zero-order valence-corrected chi connectivity index (χ0v) is 19.9. The van der Waals surface area contributed by atoms with Crippen molar-refractivity contribution < 1.29 is 28.9 Å². The summed E-state index contributed by atoms with van der Waals surface area (Å²) in [6.45, 7) is 2.52. The van der Waals surface area contributed by atoms with Gasteiger partial charge in [0, 0.05) is 16.0 Å². The summed E-state index contributed by atoms with van der Waals surface area (Å²) in [5.41, 5.74) is 0.911. The molecule has 1 aromatic heterocycles. The highest BCUT2D eigenvalue weighted by atomic mass is 32.1. The number of hydrogen-bond donors (Lipinski definition) is 1. The average molecular weight is 480 g/mol. The van der Waals surface area contributed by atoms with Crippen molar-refractivity contribution in [1.82, 2.24) is 4.90 Å². The van der Waals surface area contributed by atoms with Crippen molar-refractivity contribution in [2.75, 3.05) is 20.8 Å². The van der Waals surface area contributed by atoms with Gasteiger partial charge in [-0.05, 0) is 36.6 Å². The number of ketones is 1. The van der Waals surface area contributed by atoms with Crippen molar-refractivity contribution in [2.45, 2.75) is 19.5 Å². The fourth-order valence-electron chi connectivity index (χ4n) is 4.12. The first kappa shape index (κ1) is 23.4. The molecule has 1 unspecified atom stereocenters. The summed E-state index contributed by atoms with van der Waals surface area (Å²) in [6.07, 6.45) is 0. The molecule has 176 valence electrons. The van der Waals surface area contributed by atoms with Gasteiger partial charge in [-0.25, -0.2) is 0 Å². The number of carbonyl (C=O) groups excluding carboxylic acids is 2. The lowest BCUT2D eigenvalue weighted by Crippen LogP contribution is -2.29. The van der Waals surface area contributed by atoms with Crippen molar-refractivity contribution in [1.29, 1.82) is 0 Å². The van der Waals surface area contributed by atoms with Gasteiger partial charge in [0.05, 0.1) is 39.0 Å².